The van der Waals surface area contributed by atoms with Gasteiger partial charge in [0.25, 0.3) is 0 Å². The highest BCUT2D eigenvalue weighted by molar-refractivity contribution is 5.96. The van der Waals surface area contributed by atoms with E-state index in [-0.39, 0.29) is 17.5 Å². The Morgan fingerprint density at radius 3 is 2.52 bits per heavy atom. The Morgan fingerprint density at radius 1 is 1.03 bits per heavy atom. The van der Waals surface area contributed by atoms with Crippen LogP contribution in [0.5, 0.6) is 5.88 Å². The number of anilines is 1. The monoisotopic (exact) mass is 421 g/mol. The molecule has 0 atom stereocenters. The SMILES string of the molecule is NC1CCN(c2cc(O)nc(-c3c[nH]c4ccc(-c5c(F)cccc5F)cc34)n2)CC1. The largest absolute Gasteiger partial charge is 0.493 e. The number of fused-ring (bicyclic) bond motifs is 1. The lowest BCUT2D eigenvalue weighted by atomic mass is 10.0. The Morgan fingerprint density at radius 2 is 1.77 bits per heavy atom. The molecular weight excluding hydrogens is 400 g/mol. The zero-order valence-corrected chi connectivity index (χ0v) is 16.6. The molecule has 158 valence electrons. The van der Waals surface area contributed by atoms with Gasteiger partial charge in [-0.25, -0.2) is 13.8 Å². The van der Waals surface area contributed by atoms with E-state index in [1.165, 1.54) is 24.3 Å². The van der Waals surface area contributed by atoms with Crippen molar-refractivity contribution in [3.63, 3.8) is 0 Å². The second-order valence-electron chi connectivity index (χ2n) is 7.79. The third-order valence-corrected chi connectivity index (χ3v) is 5.74. The van der Waals surface area contributed by atoms with Crippen LogP contribution in [0.2, 0.25) is 0 Å². The van der Waals surface area contributed by atoms with Crippen molar-refractivity contribution >= 4 is 16.7 Å². The summed E-state index contributed by atoms with van der Waals surface area (Å²) in [6.07, 6.45) is 3.44. The molecule has 1 saturated heterocycles. The molecule has 0 bridgehead atoms. The van der Waals surface area contributed by atoms with Crippen LogP contribution >= 0.6 is 0 Å². The van der Waals surface area contributed by atoms with Gasteiger partial charge in [0.1, 0.15) is 17.5 Å². The highest BCUT2D eigenvalue weighted by Crippen LogP contribution is 2.34. The van der Waals surface area contributed by atoms with Gasteiger partial charge in [0.05, 0.1) is 5.56 Å². The number of hydrogen-bond donors (Lipinski definition) is 3. The van der Waals surface area contributed by atoms with Crippen molar-refractivity contribution in [1.29, 1.82) is 0 Å². The lowest BCUT2D eigenvalue weighted by molar-refractivity contribution is 0.451. The van der Waals surface area contributed by atoms with Crippen LogP contribution in [0.3, 0.4) is 0 Å². The first kappa shape index (κ1) is 19.4. The van der Waals surface area contributed by atoms with E-state index in [9.17, 15) is 13.9 Å². The van der Waals surface area contributed by atoms with Crippen molar-refractivity contribution in [2.24, 2.45) is 5.73 Å². The topological polar surface area (TPSA) is 91.1 Å². The van der Waals surface area contributed by atoms with E-state index in [0.29, 0.717) is 28.2 Å². The first-order valence-corrected chi connectivity index (χ1v) is 10.1. The van der Waals surface area contributed by atoms with Gasteiger partial charge in [0.15, 0.2) is 5.82 Å². The Labute approximate surface area is 177 Å². The maximum atomic E-state index is 14.3. The Hall–Kier alpha value is -3.52. The molecule has 4 N–H and O–H groups in total. The van der Waals surface area contributed by atoms with Crippen molar-refractivity contribution in [1.82, 2.24) is 15.0 Å². The minimum absolute atomic E-state index is 0.0845. The Bertz CT molecular complexity index is 1240. The van der Waals surface area contributed by atoms with E-state index in [1.54, 1.807) is 24.4 Å². The summed E-state index contributed by atoms with van der Waals surface area (Å²) in [6.45, 7) is 1.50. The van der Waals surface area contributed by atoms with Gasteiger partial charge in [-0.3, -0.25) is 0 Å². The molecule has 1 fully saturated rings. The maximum Gasteiger partial charge on any atom is 0.216 e. The van der Waals surface area contributed by atoms with Gasteiger partial charge < -0.3 is 20.7 Å². The van der Waals surface area contributed by atoms with Crippen LogP contribution in [-0.2, 0) is 0 Å². The standard InChI is InChI=1S/C23H21F2N5O/c24-17-2-1-3-18(25)22(17)13-4-5-19-15(10-13)16(12-27-19)23-28-20(11-21(31)29-23)30-8-6-14(26)7-9-30/h1-5,10-12,14,27H,6-9,26H2,(H,28,29,31). The maximum absolute atomic E-state index is 14.3. The Balaban J connectivity index is 1.59. The van der Waals surface area contributed by atoms with E-state index in [2.05, 4.69) is 19.9 Å². The molecule has 4 aromatic rings. The number of piperidine rings is 1. The molecule has 8 heteroatoms. The molecule has 1 aliphatic rings. The average Bonchev–Trinajstić information content (AvgIpc) is 3.17. The number of aromatic nitrogens is 3. The van der Waals surface area contributed by atoms with Gasteiger partial charge in [0.2, 0.25) is 5.88 Å². The second-order valence-corrected chi connectivity index (χ2v) is 7.79. The third kappa shape index (κ3) is 3.59. The highest BCUT2D eigenvalue weighted by atomic mass is 19.1. The minimum Gasteiger partial charge on any atom is -0.493 e. The number of nitrogens with zero attached hydrogens (tertiary/aromatic N) is 3. The van der Waals surface area contributed by atoms with Crippen LogP contribution in [0.25, 0.3) is 33.4 Å². The number of benzene rings is 2. The van der Waals surface area contributed by atoms with E-state index < -0.39 is 11.6 Å². The molecule has 1 aliphatic heterocycles. The van der Waals surface area contributed by atoms with Gasteiger partial charge in [0, 0.05) is 47.9 Å². The predicted molar refractivity (Wildman–Crippen MR) is 116 cm³/mol. The van der Waals surface area contributed by atoms with Crippen molar-refractivity contribution in [3.8, 4) is 28.4 Å². The van der Waals surface area contributed by atoms with Gasteiger partial charge in [-0.15, -0.1) is 0 Å². The van der Waals surface area contributed by atoms with Crippen molar-refractivity contribution in [2.75, 3.05) is 18.0 Å². The second kappa shape index (κ2) is 7.63. The molecule has 2 aromatic heterocycles. The molecule has 0 amide bonds. The number of hydrogen-bond acceptors (Lipinski definition) is 5. The van der Waals surface area contributed by atoms with Crippen LogP contribution in [0.4, 0.5) is 14.6 Å². The smallest absolute Gasteiger partial charge is 0.216 e. The molecule has 31 heavy (non-hydrogen) atoms. The van der Waals surface area contributed by atoms with Gasteiger partial charge >= 0.3 is 0 Å². The molecule has 2 aromatic carbocycles. The molecule has 0 radical (unpaired) electrons. The number of nitrogens with two attached hydrogens (primary N) is 1. The van der Waals surface area contributed by atoms with Crippen LogP contribution < -0.4 is 10.6 Å². The van der Waals surface area contributed by atoms with Crippen LogP contribution in [0, 0.1) is 11.6 Å². The van der Waals surface area contributed by atoms with E-state index in [0.717, 1.165) is 31.4 Å². The molecule has 0 unspecified atom stereocenters. The normalized spacial score (nSPS) is 15.0. The molecular formula is C23H21F2N5O. The first-order chi connectivity index (χ1) is 15.0. The third-order valence-electron chi connectivity index (χ3n) is 5.74. The fourth-order valence-corrected chi connectivity index (χ4v) is 4.07. The number of aromatic hydroxyl groups is 1. The fourth-order valence-electron chi connectivity index (χ4n) is 4.07. The Kier molecular flexibility index (Phi) is 4.78. The van der Waals surface area contributed by atoms with E-state index in [4.69, 9.17) is 5.73 Å². The summed E-state index contributed by atoms with van der Waals surface area (Å²) in [5.74, 6) is -0.436. The molecule has 0 spiro atoms. The average molecular weight is 421 g/mol. The highest BCUT2D eigenvalue weighted by Gasteiger charge is 2.20. The summed E-state index contributed by atoms with van der Waals surface area (Å²) in [4.78, 5) is 14.1. The van der Waals surface area contributed by atoms with Crippen LogP contribution in [0.1, 0.15) is 12.8 Å². The zero-order chi connectivity index (χ0) is 21.5. The fraction of sp³-hybridized carbons (Fsp3) is 0.217. The number of rotatable bonds is 3. The van der Waals surface area contributed by atoms with Crippen molar-refractivity contribution < 1.29 is 13.9 Å². The summed E-state index contributed by atoms with van der Waals surface area (Å²) in [5, 5.41) is 10.9. The predicted octanol–water partition coefficient (Wildman–Crippen LogP) is 4.20. The zero-order valence-electron chi connectivity index (χ0n) is 16.6. The number of H-pyrrole nitrogens is 1. The van der Waals surface area contributed by atoms with Gasteiger partial charge in [-0.2, -0.15) is 4.98 Å². The quantitative estimate of drug-likeness (QED) is 0.461. The summed E-state index contributed by atoms with van der Waals surface area (Å²) in [6, 6.07) is 10.6. The number of nitrogens with one attached hydrogen (secondary N) is 1. The number of aromatic amines is 1. The van der Waals surface area contributed by atoms with E-state index >= 15 is 0 Å². The first-order valence-electron chi connectivity index (χ1n) is 10.1. The van der Waals surface area contributed by atoms with Crippen LogP contribution in [-0.4, -0.2) is 39.2 Å². The molecule has 5 rings (SSSR count). The van der Waals surface area contributed by atoms with Crippen molar-refractivity contribution in [3.05, 3.63) is 60.3 Å². The summed E-state index contributed by atoms with van der Waals surface area (Å²) >= 11 is 0. The molecule has 0 aliphatic carbocycles. The molecule has 3 heterocycles. The van der Waals surface area contributed by atoms with Crippen LogP contribution in [0.15, 0.2) is 48.7 Å². The molecule has 6 nitrogen and oxygen atoms in total. The summed E-state index contributed by atoms with van der Waals surface area (Å²) in [7, 11) is 0. The molecule has 0 saturated carbocycles. The van der Waals surface area contributed by atoms with Gasteiger partial charge in [-0.1, -0.05) is 12.1 Å². The van der Waals surface area contributed by atoms with E-state index in [1.807, 2.05) is 0 Å². The summed E-state index contributed by atoms with van der Waals surface area (Å²) < 4.78 is 28.6. The van der Waals surface area contributed by atoms with Crippen molar-refractivity contribution in [2.45, 2.75) is 18.9 Å². The number of halogens is 2. The lowest BCUT2D eigenvalue weighted by Crippen LogP contribution is -2.40. The summed E-state index contributed by atoms with van der Waals surface area (Å²) in [5.41, 5.74) is 7.73. The lowest BCUT2D eigenvalue weighted by Gasteiger charge is -2.31. The minimum atomic E-state index is -0.629. The van der Waals surface area contributed by atoms with Gasteiger partial charge in [-0.05, 0) is 42.7 Å².